The van der Waals surface area contributed by atoms with Crippen LogP contribution in [-0.2, 0) is 11.3 Å². The Balaban J connectivity index is 2.44. The Bertz CT molecular complexity index is 894. The predicted octanol–water partition coefficient (Wildman–Crippen LogP) is 3.75. The topological polar surface area (TPSA) is 31.2 Å². The van der Waals surface area contributed by atoms with E-state index in [9.17, 15) is 4.79 Å². The molecule has 0 aliphatic heterocycles. The maximum absolute atomic E-state index is 13.1. The Kier molecular flexibility index (Phi) is 3.82. The molecule has 112 valence electrons. The van der Waals surface area contributed by atoms with Crippen LogP contribution in [0.4, 0.5) is 0 Å². The number of hydrogen-bond donors (Lipinski definition) is 0. The fourth-order valence-electron chi connectivity index (χ4n) is 2.92. The molecule has 1 heterocycles. The number of pyridine rings is 1. The Hall–Kier alpha value is -2.39. The summed E-state index contributed by atoms with van der Waals surface area (Å²) in [7, 11) is 1.65. The lowest BCUT2D eigenvalue weighted by atomic mass is 10.1. The first-order valence-electron chi connectivity index (χ1n) is 7.32. The average Bonchev–Trinajstić information content (AvgIpc) is 2.49. The zero-order valence-electron chi connectivity index (χ0n) is 13.1. The van der Waals surface area contributed by atoms with E-state index in [-0.39, 0.29) is 5.56 Å². The Morgan fingerprint density at radius 1 is 1.00 bits per heavy atom. The van der Waals surface area contributed by atoms with Crippen molar-refractivity contribution in [2.75, 3.05) is 7.11 Å². The molecule has 0 N–H and O–H groups in total. The molecular weight excluding hydrogens is 274 g/mol. The van der Waals surface area contributed by atoms with E-state index < -0.39 is 0 Å². The van der Waals surface area contributed by atoms with Crippen LogP contribution in [0.15, 0.2) is 53.3 Å². The minimum atomic E-state index is 0.0111. The number of benzene rings is 2. The van der Waals surface area contributed by atoms with Gasteiger partial charge in [-0.15, -0.1) is 0 Å². The minimum absolute atomic E-state index is 0.0111. The molecule has 3 aromatic rings. The van der Waals surface area contributed by atoms with Crippen molar-refractivity contribution >= 4 is 10.8 Å². The van der Waals surface area contributed by atoms with Crippen LogP contribution in [-0.4, -0.2) is 11.7 Å². The van der Waals surface area contributed by atoms with Crippen molar-refractivity contribution in [3.63, 3.8) is 0 Å². The van der Waals surface area contributed by atoms with Crippen LogP contribution in [0.2, 0.25) is 0 Å². The van der Waals surface area contributed by atoms with Crippen molar-refractivity contribution in [3.8, 4) is 5.69 Å². The first-order chi connectivity index (χ1) is 10.6. The minimum Gasteiger partial charge on any atom is -0.378 e. The van der Waals surface area contributed by atoms with Gasteiger partial charge in [0.2, 0.25) is 0 Å². The molecular formula is C19H19NO2. The molecule has 0 radical (unpaired) electrons. The molecule has 0 spiro atoms. The van der Waals surface area contributed by atoms with Crippen LogP contribution in [0.1, 0.15) is 16.8 Å². The largest absolute Gasteiger partial charge is 0.378 e. The fraction of sp³-hybridized carbons (Fsp3) is 0.211. The van der Waals surface area contributed by atoms with E-state index in [0.29, 0.717) is 6.61 Å². The highest BCUT2D eigenvalue weighted by molar-refractivity contribution is 5.85. The second-order valence-electron chi connectivity index (χ2n) is 5.53. The van der Waals surface area contributed by atoms with Gasteiger partial charge in [-0.1, -0.05) is 36.4 Å². The van der Waals surface area contributed by atoms with Gasteiger partial charge >= 0.3 is 0 Å². The van der Waals surface area contributed by atoms with E-state index in [0.717, 1.165) is 33.3 Å². The van der Waals surface area contributed by atoms with Gasteiger partial charge in [0.25, 0.3) is 5.56 Å². The summed E-state index contributed by atoms with van der Waals surface area (Å²) in [6.07, 6.45) is 0. The quantitative estimate of drug-likeness (QED) is 0.736. The van der Waals surface area contributed by atoms with Gasteiger partial charge in [0, 0.05) is 7.11 Å². The molecule has 0 amide bonds. The summed E-state index contributed by atoms with van der Waals surface area (Å²) in [5, 5.41) is 1.73. The molecule has 0 aliphatic rings. The number of fused-ring (bicyclic) bond motifs is 1. The molecule has 0 unspecified atom stereocenters. The number of para-hydroxylation sites is 1. The summed E-state index contributed by atoms with van der Waals surface area (Å²) >= 11 is 0. The van der Waals surface area contributed by atoms with Crippen LogP contribution in [0.25, 0.3) is 16.5 Å². The van der Waals surface area contributed by atoms with Crippen molar-refractivity contribution < 1.29 is 4.74 Å². The van der Waals surface area contributed by atoms with Gasteiger partial charge in [-0.2, -0.15) is 0 Å². The van der Waals surface area contributed by atoms with Crippen molar-refractivity contribution in [2.24, 2.45) is 0 Å². The van der Waals surface area contributed by atoms with Crippen LogP contribution in [0, 0.1) is 13.8 Å². The molecule has 22 heavy (non-hydrogen) atoms. The number of nitrogens with zero attached hydrogens (tertiary/aromatic N) is 1. The van der Waals surface area contributed by atoms with Crippen LogP contribution in [0.5, 0.6) is 0 Å². The highest BCUT2D eigenvalue weighted by Crippen LogP contribution is 2.21. The standard InChI is InChI=1S/C19H19NO2/c1-13-7-4-5-10-17(13)20-16(12-22-3)11-15-9-6-8-14(2)18(15)19(20)21/h4-11H,12H2,1-3H3. The van der Waals surface area contributed by atoms with Crippen molar-refractivity contribution in [2.45, 2.75) is 20.5 Å². The Morgan fingerprint density at radius 2 is 1.73 bits per heavy atom. The van der Waals surface area contributed by atoms with E-state index in [2.05, 4.69) is 0 Å². The summed E-state index contributed by atoms with van der Waals surface area (Å²) in [6.45, 7) is 4.38. The van der Waals surface area contributed by atoms with E-state index in [1.165, 1.54) is 0 Å². The van der Waals surface area contributed by atoms with Gasteiger partial charge in [-0.05, 0) is 42.5 Å². The SMILES string of the molecule is COCc1cc2cccc(C)c2c(=O)n1-c1ccccc1C. The Morgan fingerprint density at radius 3 is 2.45 bits per heavy atom. The zero-order valence-corrected chi connectivity index (χ0v) is 13.1. The predicted molar refractivity (Wildman–Crippen MR) is 89.7 cm³/mol. The molecule has 0 fully saturated rings. The smallest absolute Gasteiger partial charge is 0.263 e. The number of rotatable bonds is 3. The zero-order chi connectivity index (χ0) is 15.7. The van der Waals surface area contributed by atoms with Crippen LogP contribution < -0.4 is 5.56 Å². The molecule has 0 atom stereocenters. The first kappa shape index (κ1) is 14.5. The lowest BCUT2D eigenvalue weighted by Crippen LogP contribution is -2.23. The highest BCUT2D eigenvalue weighted by atomic mass is 16.5. The van der Waals surface area contributed by atoms with E-state index in [1.54, 1.807) is 11.7 Å². The van der Waals surface area contributed by atoms with E-state index >= 15 is 0 Å². The van der Waals surface area contributed by atoms with Crippen LogP contribution in [0.3, 0.4) is 0 Å². The second-order valence-corrected chi connectivity index (χ2v) is 5.53. The molecule has 0 aliphatic carbocycles. The maximum Gasteiger partial charge on any atom is 0.263 e. The number of hydrogen-bond acceptors (Lipinski definition) is 2. The van der Waals surface area contributed by atoms with Gasteiger partial charge < -0.3 is 4.74 Å². The summed E-state index contributed by atoms with van der Waals surface area (Å²) in [6, 6.07) is 15.9. The van der Waals surface area contributed by atoms with E-state index in [4.69, 9.17) is 4.74 Å². The molecule has 0 saturated carbocycles. The second kappa shape index (κ2) is 5.78. The number of methoxy groups -OCH3 is 1. The van der Waals surface area contributed by atoms with Crippen LogP contribution >= 0.6 is 0 Å². The van der Waals surface area contributed by atoms with Gasteiger partial charge in [0.05, 0.1) is 23.4 Å². The highest BCUT2D eigenvalue weighted by Gasteiger charge is 2.13. The van der Waals surface area contributed by atoms with Gasteiger partial charge in [-0.3, -0.25) is 9.36 Å². The van der Waals surface area contributed by atoms with Crippen molar-refractivity contribution in [1.82, 2.24) is 4.57 Å². The lowest BCUT2D eigenvalue weighted by Gasteiger charge is -2.16. The van der Waals surface area contributed by atoms with Crippen molar-refractivity contribution in [1.29, 1.82) is 0 Å². The number of aromatic nitrogens is 1. The molecule has 2 aromatic carbocycles. The van der Waals surface area contributed by atoms with Gasteiger partial charge in [0.1, 0.15) is 0 Å². The number of aryl methyl sites for hydroxylation is 2. The van der Waals surface area contributed by atoms with Gasteiger partial charge in [-0.25, -0.2) is 0 Å². The molecule has 1 aromatic heterocycles. The maximum atomic E-state index is 13.1. The molecule has 3 rings (SSSR count). The molecule has 3 nitrogen and oxygen atoms in total. The third-order valence-electron chi connectivity index (χ3n) is 3.98. The summed E-state index contributed by atoms with van der Waals surface area (Å²) in [5.41, 5.74) is 3.84. The molecule has 3 heteroatoms. The van der Waals surface area contributed by atoms with Gasteiger partial charge in [0.15, 0.2) is 0 Å². The third-order valence-corrected chi connectivity index (χ3v) is 3.98. The summed E-state index contributed by atoms with van der Waals surface area (Å²) in [4.78, 5) is 13.1. The van der Waals surface area contributed by atoms with Crippen molar-refractivity contribution in [3.05, 3.63) is 75.7 Å². The molecule has 0 saturated heterocycles. The third kappa shape index (κ3) is 2.34. The summed E-state index contributed by atoms with van der Waals surface area (Å²) < 4.78 is 7.08. The fourth-order valence-corrected chi connectivity index (χ4v) is 2.92. The Labute approximate surface area is 129 Å². The summed E-state index contributed by atoms with van der Waals surface area (Å²) in [5.74, 6) is 0. The normalized spacial score (nSPS) is 11.0. The monoisotopic (exact) mass is 293 g/mol. The average molecular weight is 293 g/mol. The number of ether oxygens (including phenoxy) is 1. The molecule has 0 bridgehead atoms. The van der Waals surface area contributed by atoms with E-state index in [1.807, 2.05) is 62.4 Å². The lowest BCUT2D eigenvalue weighted by molar-refractivity contribution is 0.179. The first-order valence-corrected chi connectivity index (χ1v) is 7.32.